The molecule has 1 heterocycles. The average Bonchev–Trinajstić information content (AvgIpc) is 3.12. The quantitative estimate of drug-likeness (QED) is 0.424. The van der Waals surface area contributed by atoms with Crippen LogP contribution in [-0.4, -0.2) is 21.8 Å². The molecule has 0 unspecified atom stereocenters. The summed E-state index contributed by atoms with van der Waals surface area (Å²) in [7, 11) is -8.09. The van der Waals surface area contributed by atoms with Gasteiger partial charge in [0.1, 0.15) is 4.90 Å². The van der Waals surface area contributed by atoms with E-state index >= 15 is 0 Å². The van der Waals surface area contributed by atoms with E-state index in [0.29, 0.717) is 10.9 Å². The first-order valence-electron chi connectivity index (χ1n) is 9.36. The Morgan fingerprint density at radius 3 is 1.87 bits per heavy atom. The van der Waals surface area contributed by atoms with Crippen molar-refractivity contribution in [2.45, 2.75) is 28.5 Å². The van der Waals surface area contributed by atoms with Crippen molar-refractivity contribution in [3.8, 4) is 0 Å². The molecule has 31 heavy (non-hydrogen) atoms. The van der Waals surface area contributed by atoms with E-state index < -0.39 is 19.9 Å². The zero-order chi connectivity index (χ0) is 22.2. The SMILES string of the molecule is Cc1ccc(S(=O)(=O)/N=N/c2[nH]c3ccccc3c2S(=O)(=O)c2ccc(C)cc2)cc1. The third kappa shape index (κ3) is 4.01. The highest BCUT2D eigenvalue weighted by molar-refractivity contribution is 7.92. The van der Waals surface area contributed by atoms with E-state index in [1.165, 1.54) is 24.3 Å². The predicted octanol–water partition coefficient (Wildman–Crippen LogP) is 5.09. The molecule has 158 valence electrons. The molecule has 7 nitrogen and oxygen atoms in total. The Morgan fingerprint density at radius 1 is 0.710 bits per heavy atom. The number of aryl methyl sites for hydroxylation is 2. The molecule has 0 saturated heterocycles. The number of aromatic nitrogens is 1. The van der Waals surface area contributed by atoms with Gasteiger partial charge in [0, 0.05) is 10.9 Å². The molecule has 0 radical (unpaired) electrons. The number of nitrogens with zero attached hydrogens (tertiary/aromatic N) is 2. The summed E-state index contributed by atoms with van der Waals surface area (Å²) in [6.45, 7) is 3.70. The summed E-state index contributed by atoms with van der Waals surface area (Å²) < 4.78 is 55.5. The normalized spacial score (nSPS) is 12.6. The van der Waals surface area contributed by atoms with Gasteiger partial charge in [0.15, 0.2) is 5.82 Å². The van der Waals surface area contributed by atoms with Gasteiger partial charge in [-0.15, -0.1) is 5.11 Å². The molecule has 0 bridgehead atoms. The third-order valence-corrected chi connectivity index (χ3v) is 7.82. The highest BCUT2D eigenvalue weighted by Crippen LogP contribution is 2.37. The molecule has 1 N–H and O–H groups in total. The molecule has 0 atom stereocenters. The topological polar surface area (TPSA) is 109 Å². The predicted molar refractivity (Wildman–Crippen MR) is 118 cm³/mol. The minimum Gasteiger partial charge on any atom is -0.337 e. The van der Waals surface area contributed by atoms with E-state index in [0.717, 1.165) is 11.1 Å². The molecule has 4 aromatic rings. The van der Waals surface area contributed by atoms with Crippen LogP contribution in [0.3, 0.4) is 0 Å². The van der Waals surface area contributed by atoms with Gasteiger partial charge in [-0.05, 0) is 44.2 Å². The molecule has 0 fully saturated rings. The van der Waals surface area contributed by atoms with Gasteiger partial charge < -0.3 is 4.98 Å². The number of H-pyrrole nitrogens is 1. The fourth-order valence-electron chi connectivity index (χ4n) is 3.13. The molecule has 0 spiro atoms. The Labute approximate surface area is 180 Å². The first kappa shape index (κ1) is 21.0. The van der Waals surface area contributed by atoms with Crippen LogP contribution in [0, 0.1) is 13.8 Å². The highest BCUT2D eigenvalue weighted by atomic mass is 32.2. The highest BCUT2D eigenvalue weighted by Gasteiger charge is 2.27. The smallest absolute Gasteiger partial charge is 0.299 e. The second kappa shape index (κ2) is 7.75. The van der Waals surface area contributed by atoms with Gasteiger partial charge in [0.2, 0.25) is 9.84 Å². The molecule has 0 aliphatic rings. The van der Waals surface area contributed by atoms with Gasteiger partial charge >= 0.3 is 0 Å². The van der Waals surface area contributed by atoms with Crippen molar-refractivity contribution in [3.63, 3.8) is 0 Å². The number of hydrogen-bond acceptors (Lipinski definition) is 5. The Kier molecular flexibility index (Phi) is 5.24. The number of para-hydroxylation sites is 1. The van der Waals surface area contributed by atoms with Crippen LogP contribution in [0.2, 0.25) is 0 Å². The summed E-state index contributed by atoms with van der Waals surface area (Å²) in [6, 6.07) is 19.4. The molecule has 1 aromatic heterocycles. The van der Waals surface area contributed by atoms with Gasteiger partial charge in [-0.25, -0.2) is 8.42 Å². The van der Waals surface area contributed by atoms with Crippen LogP contribution in [0.15, 0.2) is 97.1 Å². The average molecular weight is 454 g/mol. The van der Waals surface area contributed by atoms with Crippen LogP contribution < -0.4 is 0 Å². The van der Waals surface area contributed by atoms with Gasteiger partial charge in [-0.2, -0.15) is 8.42 Å². The number of sulfonamides is 1. The lowest BCUT2D eigenvalue weighted by Gasteiger charge is -2.05. The lowest BCUT2D eigenvalue weighted by molar-refractivity contribution is 0.593. The largest absolute Gasteiger partial charge is 0.337 e. The first-order valence-corrected chi connectivity index (χ1v) is 12.3. The summed E-state index contributed by atoms with van der Waals surface area (Å²) in [5, 5.41) is 4.23. The molecule has 0 aliphatic carbocycles. The van der Waals surface area contributed by atoms with Crippen LogP contribution in [0.25, 0.3) is 10.9 Å². The van der Waals surface area contributed by atoms with Crippen LogP contribution in [0.4, 0.5) is 5.82 Å². The first-order chi connectivity index (χ1) is 14.7. The molecule has 0 saturated carbocycles. The molecule has 3 aromatic carbocycles. The Hall–Kier alpha value is -3.30. The molecule has 4 rings (SSSR count). The van der Waals surface area contributed by atoms with Crippen LogP contribution in [0.5, 0.6) is 0 Å². The van der Waals surface area contributed by atoms with Crippen molar-refractivity contribution >= 4 is 36.6 Å². The van der Waals surface area contributed by atoms with Gasteiger partial charge in [0.05, 0.1) is 9.79 Å². The molecular formula is C22H19N3O4S2. The summed E-state index contributed by atoms with van der Waals surface area (Å²) in [5.74, 6) is -0.141. The fraction of sp³-hybridized carbons (Fsp3) is 0.0909. The Balaban J connectivity index is 1.87. The monoisotopic (exact) mass is 453 g/mol. The van der Waals surface area contributed by atoms with Crippen molar-refractivity contribution in [1.82, 2.24) is 4.98 Å². The van der Waals surface area contributed by atoms with E-state index in [-0.39, 0.29) is 20.5 Å². The number of aromatic amines is 1. The summed E-state index contributed by atoms with van der Waals surface area (Å²) in [4.78, 5) is 2.82. The number of rotatable bonds is 5. The molecule has 0 amide bonds. The van der Waals surface area contributed by atoms with Crippen molar-refractivity contribution in [2.24, 2.45) is 9.63 Å². The second-order valence-electron chi connectivity index (χ2n) is 7.13. The summed E-state index contributed by atoms with van der Waals surface area (Å²) in [5.41, 5.74) is 2.33. The number of hydrogen-bond donors (Lipinski definition) is 1. The van der Waals surface area contributed by atoms with Crippen molar-refractivity contribution in [2.75, 3.05) is 0 Å². The maximum atomic E-state index is 13.4. The number of sulfone groups is 1. The minimum absolute atomic E-state index is 0.0269. The van der Waals surface area contributed by atoms with E-state index in [9.17, 15) is 16.8 Å². The number of nitrogens with one attached hydrogen (secondary N) is 1. The fourth-order valence-corrected chi connectivity index (χ4v) is 5.44. The number of fused-ring (bicyclic) bond motifs is 1. The van der Waals surface area contributed by atoms with Crippen molar-refractivity contribution < 1.29 is 16.8 Å². The lowest BCUT2D eigenvalue weighted by atomic mass is 10.2. The third-order valence-electron chi connectivity index (χ3n) is 4.81. The van der Waals surface area contributed by atoms with E-state index in [1.54, 1.807) is 48.5 Å². The standard InChI is InChI=1S/C22H19N3O4S2/c1-15-7-11-17(12-8-15)30(26,27)21-19-5-3-4-6-20(19)23-22(21)24-25-31(28,29)18-13-9-16(2)10-14-18/h3-14,23H,1-2H3/b25-24+. The molecule has 9 heteroatoms. The number of benzene rings is 3. The van der Waals surface area contributed by atoms with Crippen LogP contribution in [-0.2, 0) is 19.9 Å². The van der Waals surface area contributed by atoms with Gasteiger partial charge in [-0.1, -0.05) is 58.1 Å². The maximum Gasteiger partial charge on any atom is 0.299 e. The van der Waals surface area contributed by atoms with Crippen molar-refractivity contribution in [1.29, 1.82) is 0 Å². The molecule has 0 aliphatic heterocycles. The summed E-state index contributed by atoms with van der Waals surface area (Å²) in [6.07, 6.45) is 0. The van der Waals surface area contributed by atoms with Gasteiger partial charge in [-0.3, -0.25) is 0 Å². The van der Waals surface area contributed by atoms with E-state index in [1.807, 2.05) is 13.8 Å². The van der Waals surface area contributed by atoms with Gasteiger partial charge in [0.25, 0.3) is 10.0 Å². The summed E-state index contributed by atoms with van der Waals surface area (Å²) >= 11 is 0. The Bertz CT molecular complexity index is 1500. The second-order valence-corrected chi connectivity index (χ2v) is 10.6. The van der Waals surface area contributed by atoms with Crippen LogP contribution >= 0.6 is 0 Å². The minimum atomic E-state index is -4.10. The maximum absolute atomic E-state index is 13.4. The van der Waals surface area contributed by atoms with Crippen molar-refractivity contribution in [3.05, 3.63) is 83.9 Å². The lowest BCUT2D eigenvalue weighted by Crippen LogP contribution is -2.02. The zero-order valence-electron chi connectivity index (χ0n) is 16.8. The van der Waals surface area contributed by atoms with Crippen LogP contribution in [0.1, 0.15) is 11.1 Å². The van der Waals surface area contributed by atoms with E-state index in [4.69, 9.17) is 0 Å². The molecular weight excluding hydrogens is 434 g/mol. The zero-order valence-corrected chi connectivity index (χ0v) is 18.4. The Morgan fingerprint density at radius 2 is 1.26 bits per heavy atom. The van der Waals surface area contributed by atoms with E-state index in [2.05, 4.69) is 14.6 Å².